The third kappa shape index (κ3) is 4.71. The van der Waals surface area contributed by atoms with Crippen molar-refractivity contribution < 1.29 is 23.4 Å². The zero-order valence-electron chi connectivity index (χ0n) is 21.6. The van der Waals surface area contributed by atoms with E-state index in [-0.39, 0.29) is 41.6 Å². The van der Waals surface area contributed by atoms with Crippen molar-refractivity contribution >= 4 is 41.4 Å². The first-order chi connectivity index (χ1) is 18.7. The van der Waals surface area contributed by atoms with E-state index in [0.29, 0.717) is 12.2 Å². The van der Waals surface area contributed by atoms with Gasteiger partial charge >= 0.3 is 6.09 Å². The third-order valence-electron chi connectivity index (χ3n) is 7.39. The highest BCUT2D eigenvalue weighted by Crippen LogP contribution is 2.45. The highest BCUT2D eigenvalue weighted by Gasteiger charge is 2.51. The summed E-state index contributed by atoms with van der Waals surface area (Å²) >= 11 is 6.02. The Labute approximate surface area is 230 Å². The van der Waals surface area contributed by atoms with Crippen LogP contribution in [0.15, 0.2) is 58.8 Å². The number of ether oxygens (including phenoxy) is 1. The predicted molar refractivity (Wildman–Crippen MR) is 144 cm³/mol. The van der Waals surface area contributed by atoms with Crippen molar-refractivity contribution in [2.24, 2.45) is 5.10 Å². The average molecular weight is 550 g/mol. The predicted octanol–water partition coefficient (Wildman–Crippen LogP) is 3.84. The Morgan fingerprint density at radius 2 is 2.03 bits per heavy atom. The van der Waals surface area contributed by atoms with Crippen LogP contribution in [-0.2, 0) is 28.2 Å². The number of benzene rings is 2. The van der Waals surface area contributed by atoms with E-state index in [9.17, 15) is 9.59 Å². The standard InChI is InChI=1S/C28H26ClFN6O3/c1-18-12-33(2)36(13-18)15-20-5-3-19(4-6-20)14-35-16-21(11-31-35)26(37)34-10-9-28(17-34)24-23(32-27(38)39-28)8-7-22(29)25(24)30/h3-8,11,13H,9-10,12,14-15,17H2,1-2H3/p+1/t28-/m1/s1. The second-order valence-electron chi connectivity index (χ2n) is 10.3. The number of carbonyl (C=O) groups is 2. The minimum Gasteiger partial charge on any atom is -0.436 e. The summed E-state index contributed by atoms with van der Waals surface area (Å²) in [5, 5.41) is 11.1. The summed E-state index contributed by atoms with van der Waals surface area (Å²) in [6.45, 7) is 4.60. The van der Waals surface area contributed by atoms with Gasteiger partial charge in [0.15, 0.2) is 17.0 Å². The van der Waals surface area contributed by atoms with Gasteiger partial charge in [0.1, 0.15) is 6.21 Å². The molecule has 6 rings (SSSR count). The van der Waals surface area contributed by atoms with E-state index in [4.69, 9.17) is 16.3 Å². The summed E-state index contributed by atoms with van der Waals surface area (Å²) in [5.74, 6) is 2.06. The number of hydrazine groups is 1. The zero-order chi connectivity index (χ0) is 27.3. The van der Waals surface area contributed by atoms with Crippen molar-refractivity contribution in [2.75, 3.05) is 32.0 Å². The molecule has 2 aromatic carbocycles. The number of hydrazone groups is 1. The van der Waals surface area contributed by atoms with Gasteiger partial charge in [0, 0.05) is 43.4 Å². The van der Waals surface area contributed by atoms with E-state index < -0.39 is 17.5 Å². The Morgan fingerprint density at radius 3 is 2.77 bits per heavy atom. The molecule has 4 heterocycles. The van der Waals surface area contributed by atoms with Gasteiger partial charge in [0.05, 0.1) is 29.4 Å². The fraction of sp³-hybridized carbons (Fsp3) is 0.321. The second kappa shape index (κ2) is 9.64. The van der Waals surface area contributed by atoms with Crippen LogP contribution in [0.5, 0.6) is 0 Å². The number of carbonyl (C=O) groups excluding carboxylic acids is 2. The number of anilines is 1. The molecule has 39 heavy (non-hydrogen) atoms. The molecule has 1 N–H and O–H groups in total. The van der Waals surface area contributed by atoms with E-state index in [1.165, 1.54) is 28.3 Å². The number of nitrogens with one attached hydrogen (secondary N) is 1. The molecule has 200 valence electrons. The van der Waals surface area contributed by atoms with Crippen molar-refractivity contribution in [1.29, 1.82) is 0 Å². The van der Waals surface area contributed by atoms with Gasteiger partial charge in [-0.2, -0.15) is 0 Å². The minimum atomic E-state index is -1.31. The highest BCUT2D eigenvalue weighted by molar-refractivity contribution is 6.31. The van der Waals surface area contributed by atoms with Crippen LogP contribution in [0.4, 0.5) is 14.9 Å². The summed E-state index contributed by atoms with van der Waals surface area (Å²) < 4.78 is 22.2. The minimum absolute atomic E-state index is 0.00488. The number of nitrogens with zero attached hydrogens (tertiary/aromatic N) is 5. The molecule has 0 aliphatic carbocycles. The van der Waals surface area contributed by atoms with Gasteiger partial charge in [-0.25, -0.2) is 14.2 Å². The normalized spacial score (nSPS) is 22.1. The largest absolute Gasteiger partial charge is 0.436 e. The summed E-state index contributed by atoms with van der Waals surface area (Å²) in [6, 6.07) is 11.2. The first-order valence-corrected chi connectivity index (χ1v) is 13.0. The first-order valence-electron chi connectivity index (χ1n) is 12.7. The van der Waals surface area contributed by atoms with E-state index in [2.05, 4.69) is 58.6 Å². The molecule has 1 fully saturated rings. The SMILES string of the molecule is CC1=CN(Cc2ccc(C[N+]3=C=C(C(=O)N4CC[C@]5(C4)OC(=O)Nc4ccc(Cl)c(F)c45)C=N3)cc2)N(C)C1. The van der Waals surface area contributed by atoms with Crippen molar-refractivity contribution in [2.45, 2.75) is 32.0 Å². The van der Waals surface area contributed by atoms with E-state index in [0.717, 1.165) is 18.7 Å². The van der Waals surface area contributed by atoms with Crippen LogP contribution < -0.4 is 5.32 Å². The fourth-order valence-electron chi connectivity index (χ4n) is 5.51. The van der Waals surface area contributed by atoms with E-state index >= 15 is 4.39 Å². The van der Waals surface area contributed by atoms with Crippen LogP contribution in [0, 0.1) is 5.82 Å². The van der Waals surface area contributed by atoms with Crippen LogP contribution in [0.3, 0.4) is 0 Å². The number of hydrogen-bond acceptors (Lipinski definition) is 6. The van der Waals surface area contributed by atoms with Gasteiger partial charge in [-0.3, -0.25) is 10.1 Å². The van der Waals surface area contributed by atoms with Crippen LogP contribution in [-0.4, -0.2) is 70.4 Å². The molecule has 0 bridgehead atoms. The van der Waals surface area contributed by atoms with E-state index in [1.807, 2.05) is 12.1 Å². The van der Waals surface area contributed by atoms with Crippen molar-refractivity contribution in [3.05, 3.63) is 81.3 Å². The Hall–Kier alpha value is -3.98. The monoisotopic (exact) mass is 549 g/mol. The summed E-state index contributed by atoms with van der Waals surface area (Å²) in [4.78, 5) is 27.0. The summed E-state index contributed by atoms with van der Waals surface area (Å²) in [6.07, 6.45) is 3.19. The number of likely N-dealkylation sites (N-methyl/N-ethyl adjacent to an activating group) is 1. The molecule has 0 saturated carbocycles. The molecule has 11 heteroatoms. The number of likely N-dealkylation sites (tertiary alicyclic amines) is 1. The highest BCUT2D eigenvalue weighted by atomic mass is 35.5. The number of amides is 2. The molecule has 4 aliphatic rings. The van der Waals surface area contributed by atoms with Gasteiger partial charge in [-0.05, 0) is 34.9 Å². The molecular formula is C28H27ClFN6O3+. The molecule has 1 spiro atoms. The summed E-state index contributed by atoms with van der Waals surface area (Å²) in [5.41, 5.74) is 2.99. The maximum atomic E-state index is 15.0. The molecule has 0 unspecified atom stereocenters. The lowest BCUT2D eigenvalue weighted by Crippen LogP contribution is -2.43. The molecule has 4 aliphatic heterocycles. The average Bonchev–Trinajstić information content (AvgIpc) is 3.61. The molecule has 1 atom stereocenters. The van der Waals surface area contributed by atoms with Crippen LogP contribution in [0.1, 0.15) is 30.0 Å². The van der Waals surface area contributed by atoms with Crippen molar-refractivity contribution in [3.8, 4) is 0 Å². The van der Waals surface area contributed by atoms with Crippen LogP contribution in [0.25, 0.3) is 0 Å². The molecule has 0 radical (unpaired) electrons. The van der Waals surface area contributed by atoms with Crippen LogP contribution >= 0.6 is 11.6 Å². The van der Waals surface area contributed by atoms with Gasteiger partial charge in [0.25, 0.3) is 5.91 Å². The Bertz CT molecular complexity index is 1510. The maximum Gasteiger partial charge on any atom is 0.412 e. The molecule has 2 amide bonds. The number of rotatable bonds is 5. The summed E-state index contributed by atoms with van der Waals surface area (Å²) in [7, 11) is 2.07. The van der Waals surface area contributed by atoms with Crippen molar-refractivity contribution in [3.63, 3.8) is 0 Å². The topological polar surface area (TPSA) is 80.5 Å². The van der Waals surface area contributed by atoms with Crippen LogP contribution in [0.2, 0.25) is 5.02 Å². The lowest BCUT2D eigenvalue weighted by molar-refractivity contribution is -0.540. The molecular weight excluding hydrogens is 523 g/mol. The Balaban J connectivity index is 1.15. The van der Waals surface area contributed by atoms with Gasteiger partial charge in [0.2, 0.25) is 12.4 Å². The molecule has 0 aromatic heterocycles. The maximum absolute atomic E-state index is 15.0. The molecule has 2 aromatic rings. The molecule has 1 saturated heterocycles. The molecule has 9 nitrogen and oxygen atoms in total. The second-order valence-corrected chi connectivity index (χ2v) is 10.7. The number of halogens is 2. The van der Waals surface area contributed by atoms with Gasteiger partial charge in [-0.1, -0.05) is 35.9 Å². The Morgan fingerprint density at radius 1 is 1.26 bits per heavy atom. The fourth-order valence-corrected chi connectivity index (χ4v) is 5.66. The third-order valence-corrected chi connectivity index (χ3v) is 7.68. The lowest BCUT2D eigenvalue weighted by atomic mass is 9.89. The van der Waals surface area contributed by atoms with Crippen molar-refractivity contribution in [1.82, 2.24) is 14.9 Å². The lowest BCUT2D eigenvalue weighted by Gasteiger charge is -2.35. The zero-order valence-corrected chi connectivity index (χ0v) is 22.3. The Kier molecular flexibility index (Phi) is 6.26. The first kappa shape index (κ1) is 25.3. The quantitative estimate of drug-likeness (QED) is 0.573. The van der Waals surface area contributed by atoms with E-state index in [1.54, 1.807) is 10.8 Å². The number of hydrogen-bond donors (Lipinski definition) is 1. The van der Waals surface area contributed by atoms with Gasteiger partial charge in [-0.15, -0.1) is 0 Å². The smallest absolute Gasteiger partial charge is 0.412 e. The van der Waals surface area contributed by atoms with Gasteiger partial charge < -0.3 is 14.6 Å². The number of fused-ring (bicyclic) bond motifs is 2.